The number of aliphatic imine (C=N–C) groups is 1. The molecule has 6 aromatic rings. The van der Waals surface area contributed by atoms with Crippen molar-refractivity contribution in [1.29, 1.82) is 5.26 Å². The largest absolute Gasteiger partial charge is 0.436 e. The molecule has 0 N–H and O–H groups in total. The Bertz CT molecular complexity index is 2270. The number of carbonyl (C=O) groups is 2. The number of para-hydroxylation sites is 1. The van der Waals surface area contributed by atoms with Crippen LogP contribution < -0.4 is 4.90 Å². The Morgan fingerprint density at radius 2 is 1.23 bits per heavy atom. The van der Waals surface area contributed by atoms with Crippen LogP contribution in [0.1, 0.15) is 33.7 Å². The number of furan rings is 1. The lowest BCUT2D eigenvalue weighted by atomic mass is 9.47. The van der Waals surface area contributed by atoms with Gasteiger partial charge in [0.25, 0.3) is 0 Å². The Balaban J connectivity index is 1.30. The van der Waals surface area contributed by atoms with Crippen molar-refractivity contribution in [2.24, 2.45) is 16.8 Å². The topological polar surface area (TPSA) is 86.7 Å². The number of nitrogens with zero attached hydrogens (tertiary/aromatic N) is 3. The van der Waals surface area contributed by atoms with Gasteiger partial charge in [0.1, 0.15) is 17.4 Å². The standard InChI is InChI=1S/C42H27N3O3/c43-24-31-34(26-14-4-1-5-15-26)38(27-16-6-2-7-17-27)48-39(31)44-25-42-32-22-12-10-20-29(32)35(30-21-11-13-23-33(30)42)36-37(42)41(47)45(40(36)46)28-18-8-3-9-19-28/h1-23,25,35-37H/t35?,36-,37+,42?/m1/s1. The van der Waals surface area contributed by atoms with E-state index in [2.05, 4.69) is 18.2 Å². The van der Waals surface area contributed by atoms with E-state index in [1.54, 1.807) is 18.3 Å². The van der Waals surface area contributed by atoms with E-state index in [4.69, 9.17) is 9.41 Å². The molecule has 2 atom stereocenters. The SMILES string of the molecule is N#Cc1c(N=CC23c4ccccc4C(c4ccccc42)[C@H]2C(=O)N(c4ccccc4)C(=O)[C@H]23)oc(-c2ccccc2)c1-c1ccccc1. The summed E-state index contributed by atoms with van der Waals surface area (Å²) in [6.45, 7) is 0. The summed E-state index contributed by atoms with van der Waals surface area (Å²) in [5.41, 5.74) is 5.96. The number of hydrogen-bond acceptors (Lipinski definition) is 5. The molecule has 10 rings (SSSR count). The molecule has 1 fully saturated rings. The lowest BCUT2D eigenvalue weighted by Gasteiger charge is -2.52. The van der Waals surface area contributed by atoms with Crippen molar-refractivity contribution in [3.8, 4) is 28.5 Å². The Kier molecular flexibility index (Phi) is 6.18. The van der Waals surface area contributed by atoms with E-state index in [1.807, 2.05) is 115 Å². The summed E-state index contributed by atoms with van der Waals surface area (Å²) >= 11 is 0. The number of amides is 2. The highest BCUT2D eigenvalue weighted by atomic mass is 16.4. The van der Waals surface area contributed by atoms with E-state index >= 15 is 0 Å². The van der Waals surface area contributed by atoms with Crippen LogP contribution in [0.15, 0.2) is 149 Å². The zero-order valence-electron chi connectivity index (χ0n) is 25.7. The van der Waals surface area contributed by atoms with Gasteiger partial charge < -0.3 is 4.42 Å². The smallest absolute Gasteiger partial charge is 0.239 e. The van der Waals surface area contributed by atoms with Crippen molar-refractivity contribution < 1.29 is 14.0 Å². The van der Waals surface area contributed by atoms with Crippen molar-refractivity contribution >= 4 is 29.6 Å². The van der Waals surface area contributed by atoms with Gasteiger partial charge in [-0.25, -0.2) is 9.89 Å². The van der Waals surface area contributed by atoms with Crippen LogP contribution in [-0.2, 0) is 15.0 Å². The van der Waals surface area contributed by atoms with Gasteiger partial charge in [-0.1, -0.05) is 127 Å². The van der Waals surface area contributed by atoms with E-state index in [0.29, 0.717) is 22.6 Å². The minimum absolute atomic E-state index is 0.153. The molecule has 2 amide bonds. The molecule has 48 heavy (non-hydrogen) atoms. The van der Waals surface area contributed by atoms with Gasteiger partial charge in [-0.15, -0.1) is 0 Å². The average molecular weight is 622 g/mol. The quantitative estimate of drug-likeness (QED) is 0.143. The first-order valence-corrected chi connectivity index (χ1v) is 16.0. The molecule has 6 heteroatoms. The minimum Gasteiger partial charge on any atom is -0.436 e. The molecule has 0 unspecified atom stereocenters. The summed E-state index contributed by atoms with van der Waals surface area (Å²) in [6, 6.07) is 47.0. The Hall–Kier alpha value is -6.32. The molecule has 4 aliphatic rings. The fraction of sp³-hybridized carbons (Fsp3) is 0.0952. The van der Waals surface area contributed by atoms with Crippen molar-refractivity contribution in [1.82, 2.24) is 0 Å². The molecule has 5 aromatic carbocycles. The summed E-state index contributed by atoms with van der Waals surface area (Å²) < 4.78 is 6.51. The summed E-state index contributed by atoms with van der Waals surface area (Å²) in [5, 5.41) is 10.6. The maximum atomic E-state index is 14.7. The number of hydrogen-bond donors (Lipinski definition) is 0. The lowest BCUT2D eigenvalue weighted by molar-refractivity contribution is -0.122. The second kappa shape index (κ2) is 10.6. The molecule has 3 aliphatic carbocycles. The molecular weight excluding hydrogens is 594 g/mol. The molecule has 0 spiro atoms. The normalized spacial score (nSPS) is 22.0. The summed E-state index contributed by atoms with van der Waals surface area (Å²) in [5.74, 6) is -1.43. The molecule has 1 aromatic heterocycles. The van der Waals surface area contributed by atoms with Crippen LogP contribution in [0.4, 0.5) is 11.6 Å². The van der Waals surface area contributed by atoms with E-state index in [1.165, 1.54) is 4.90 Å². The third-order valence-electron chi connectivity index (χ3n) is 10.2. The van der Waals surface area contributed by atoms with Crippen LogP contribution in [0, 0.1) is 23.2 Å². The first kappa shape index (κ1) is 27.9. The van der Waals surface area contributed by atoms with Gasteiger partial charge in [-0.05, 0) is 39.9 Å². The van der Waals surface area contributed by atoms with Gasteiger partial charge in [-0.3, -0.25) is 9.59 Å². The van der Waals surface area contributed by atoms with Crippen LogP contribution in [0.2, 0.25) is 0 Å². The van der Waals surface area contributed by atoms with Crippen LogP contribution in [0.5, 0.6) is 0 Å². The van der Waals surface area contributed by atoms with Crippen LogP contribution in [0.3, 0.4) is 0 Å². The third kappa shape index (κ3) is 3.76. The molecule has 2 heterocycles. The second-order valence-electron chi connectivity index (χ2n) is 12.5. The molecule has 1 saturated heterocycles. The van der Waals surface area contributed by atoms with Gasteiger partial charge in [0.15, 0.2) is 0 Å². The number of carbonyl (C=O) groups excluding carboxylic acids is 2. The summed E-state index contributed by atoms with van der Waals surface area (Å²) in [6.07, 6.45) is 1.78. The highest BCUT2D eigenvalue weighted by molar-refractivity contribution is 6.25. The molecule has 0 saturated carbocycles. The lowest BCUT2D eigenvalue weighted by Crippen LogP contribution is -2.54. The van der Waals surface area contributed by atoms with E-state index in [-0.39, 0.29) is 23.6 Å². The number of nitriles is 1. The number of benzene rings is 5. The van der Waals surface area contributed by atoms with Crippen LogP contribution >= 0.6 is 0 Å². The van der Waals surface area contributed by atoms with Gasteiger partial charge in [0.05, 0.1) is 22.9 Å². The fourth-order valence-corrected chi connectivity index (χ4v) is 8.33. The van der Waals surface area contributed by atoms with E-state index < -0.39 is 17.3 Å². The molecule has 0 radical (unpaired) electrons. The van der Waals surface area contributed by atoms with Crippen molar-refractivity contribution in [2.75, 3.05) is 4.90 Å². The number of imide groups is 1. The van der Waals surface area contributed by atoms with Gasteiger partial charge in [0.2, 0.25) is 17.7 Å². The predicted octanol–water partition coefficient (Wildman–Crippen LogP) is 8.44. The minimum atomic E-state index is -1.10. The summed E-state index contributed by atoms with van der Waals surface area (Å²) in [7, 11) is 0. The average Bonchev–Trinajstić information content (AvgIpc) is 3.66. The third-order valence-corrected chi connectivity index (χ3v) is 10.2. The van der Waals surface area contributed by atoms with Gasteiger partial charge in [0, 0.05) is 23.3 Å². The fourth-order valence-electron chi connectivity index (χ4n) is 8.33. The van der Waals surface area contributed by atoms with Crippen LogP contribution in [0.25, 0.3) is 22.5 Å². The summed E-state index contributed by atoms with van der Waals surface area (Å²) in [4.78, 5) is 35.5. The second-order valence-corrected chi connectivity index (χ2v) is 12.5. The maximum absolute atomic E-state index is 14.7. The zero-order chi connectivity index (χ0) is 32.4. The molecule has 2 bridgehead atoms. The molecule has 1 aliphatic heterocycles. The number of anilines is 1. The molecule has 228 valence electrons. The van der Waals surface area contributed by atoms with Gasteiger partial charge in [-0.2, -0.15) is 5.26 Å². The highest BCUT2D eigenvalue weighted by Crippen LogP contribution is 2.64. The zero-order valence-corrected chi connectivity index (χ0v) is 25.7. The Morgan fingerprint density at radius 1 is 0.688 bits per heavy atom. The molecule has 6 nitrogen and oxygen atoms in total. The van der Waals surface area contributed by atoms with Crippen molar-refractivity contribution in [3.63, 3.8) is 0 Å². The monoisotopic (exact) mass is 621 g/mol. The Labute approximate surface area is 277 Å². The van der Waals surface area contributed by atoms with E-state index in [0.717, 1.165) is 33.4 Å². The Morgan fingerprint density at radius 3 is 1.83 bits per heavy atom. The highest BCUT2D eigenvalue weighted by Gasteiger charge is 2.68. The first-order valence-electron chi connectivity index (χ1n) is 16.0. The van der Waals surface area contributed by atoms with Crippen molar-refractivity contribution in [3.05, 3.63) is 167 Å². The maximum Gasteiger partial charge on any atom is 0.239 e. The van der Waals surface area contributed by atoms with Crippen LogP contribution in [-0.4, -0.2) is 18.0 Å². The molecular formula is C42H27N3O3. The van der Waals surface area contributed by atoms with Crippen molar-refractivity contribution in [2.45, 2.75) is 11.3 Å². The van der Waals surface area contributed by atoms with E-state index in [9.17, 15) is 14.9 Å². The van der Waals surface area contributed by atoms with Gasteiger partial charge >= 0.3 is 0 Å². The first-order chi connectivity index (χ1) is 23.6. The number of rotatable bonds is 5. The predicted molar refractivity (Wildman–Crippen MR) is 184 cm³/mol.